The second-order valence-electron chi connectivity index (χ2n) is 3.47. The third-order valence-corrected chi connectivity index (χ3v) is 2.49. The van der Waals surface area contributed by atoms with Crippen LogP contribution in [0.5, 0.6) is 0 Å². The van der Waals surface area contributed by atoms with Crippen molar-refractivity contribution >= 4 is 6.21 Å². The highest BCUT2D eigenvalue weighted by molar-refractivity contribution is 5.85. The van der Waals surface area contributed by atoms with Gasteiger partial charge in [0.1, 0.15) is 0 Å². The summed E-state index contributed by atoms with van der Waals surface area (Å²) in [6.07, 6.45) is 2.00. The third-order valence-electron chi connectivity index (χ3n) is 2.49. The largest absolute Gasteiger partial charge is 0.292 e. The van der Waals surface area contributed by atoms with Crippen LogP contribution < -0.4 is 0 Å². The molecule has 0 aliphatic carbocycles. The molecule has 2 rings (SSSR count). The highest BCUT2D eigenvalue weighted by Gasteiger charge is 2.13. The molecule has 0 bridgehead atoms. The predicted octanol–water partition coefficient (Wildman–Crippen LogP) is 2.53. The molecule has 1 unspecified atom stereocenters. The number of hydrogen-bond acceptors (Lipinski definition) is 1. The van der Waals surface area contributed by atoms with Crippen molar-refractivity contribution in [2.24, 2.45) is 4.99 Å². The van der Waals surface area contributed by atoms with E-state index in [4.69, 9.17) is 0 Å². The van der Waals surface area contributed by atoms with Crippen LogP contribution in [0.25, 0.3) is 0 Å². The summed E-state index contributed by atoms with van der Waals surface area (Å²) in [7, 11) is 0. The average Bonchev–Trinajstić information content (AvgIpc) is 2.07. The van der Waals surface area contributed by atoms with E-state index in [1.54, 1.807) is 0 Å². The van der Waals surface area contributed by atoms with E-state index in [1.165, 1.54) is 16.7 Å². The molecule has 0 amide bonds. The highest BCUT2D eigenvalue weighted by Crippen LogP contribution is 2.24. The van der Waals surface area contributed by atoms with Crippen LogP contribution in [0.1, 0.15) is 29.5 Å². The van der Waals surface area contributed by atoms with Crippen LogP contribution in [0.3, 0.4) is 0 Å². The molecule has 1 atom stereocenters. The Labute approximate surface area is 73.1 Å². The van der Waals surface area contributed by atoms with Crippen molar-refractivity contribution in [1.29, 1.82) is 0 Å². The van der Waals surface area contributed by atoms with Gasteiger partial charge >= 0.3 is 0 Å². The fourth-order valence-electron chi connectivity index (χ4n) is 1.71. The summed E-state index contributed by atoms with van der Waals surface area (Å²) in [6, 6.07) is 6.48. The monoisotopic (exact) mass is 159 g/mol. The SMILES string of the molecule is Cc1cccc2c1C=NCC2C. The summed E-state index contributed by atoms with van der Waals surface area (Å²) >= 11 is 0. The standard InChI is InChI=1S/C11H13N/c1-8-4-3-5-10-9(2)6-12-7-11(8)10/h3-5,7,9H,6H2,1-2H3. The van der Waals surface area contributed by atoms with Crippen LogP contribution in [0, 0.1) is 6.92 Å². The van der Waals surface area contributed by atoms with E-state index >= 15 is 0 Å². The number of hydrogen-bond donors (Lipinski definition) is 0. The molecule has 1 heteroatoms. The van der Waals surface area contributed by atoms with E-state index in [0.717, 1.165) is 6.54 Å². The Bertz CT molecular complexity index is 326. The quantitative estimate of drug-likeness (QED) is 0.551. The lowest BCUT2D eigenvalue weighted by Gasteiger charge is -2.18. The van der Waals surface area contributed by atoms with Crippen molar-refractivity contribution in [3.8, 4) is 0 Å². The molecule has 0 aromatic heterocycles. The summed E-state index contributed by atoms with van der Waals surface area (Å²) < 4.78 is 0. The number of aliphatic imine (C=N–C) groups is 1. The van der Waals surface area contributed by atoms with Gasteiger partial charge in [-0.2, -0.15) is 0 Å². The van der Waals surface area contributed by atoms with Gasteiger partial charge in [0.25, 0.3) is 0 Å². The molecular weight excluding hydrogens is 146 g/mol. The first-order valence-electron chi connectivity index (χ1n) is 4.38. The minimum atomic E-state index is 0.588. The predicted molar refractivity (Wildman–Crippen MR) is 52.1 cm³/mol. The fraction of sp³-hybridized carbons (Fsp3) is 0.364. The molecule has 1 aliphatic rings. The van der Waals surface area contributed by atoms with Gasteiger partial charge in [0.15, 0.2) is 0 Å². The Balaban J connectivity index is 2.61. The smallest absolute Gasteiger partial charge is 0.0455 e. The van der Waals surface area contributed by atoms with Gasteiger partial charge in [-0.25, -0.2) is 0 Å². The van der Waals surface area contributed by atoms with Crippen molar-refractivity contribution in [3.05, 3.63) is 34.9 Å². The van der Waals surface area contributed by atoms with Crippen LogP contribution in [0.4, 0.5) is 0 Å². The van der Waals surface area contributed by atoms with Crippen LogP contribution in [0.15, 0.2) is 23.2 Å². The normalized spacial score (nSPS) is 20.7. The molecule has 0 spiro atoms. The lowest BCUT2D eigenvalue weighted by atomic mass is 9.91. The molecule has 0 fully saturated rings. The van der Waals surface area contributed by atoms with Crippen LogP contribution >= 0.6 is 0 Å². The first kappa shape index (κ1) is 7.53. The van der Waals surface area contributed by atoms with E-state index in [9.17, 15) is 0 Å². The third kappa shape index (κ3) is 1.06. The molecule has 1 nitrogen and oxygen atoms in total. The van der Waals surface area contributed by atoms with E-state index in [0.29, 0.717) is 5.92 Å². The summed E-state index contributed by atoms with van der Waals surface area (Å²) in [5, 5.41) is 0. The number of nitrogens with zero attached hydrogens (tertiary/aromatic N) is 1. The molecule has 1 aliphatic heterocycles. The fourth-order valence-corrected chi connectivity index (χ4v) is 1.71. The Morgan fingerprint density at radius 3 is 3.00 bits per heavy atom. The number of aryl methyl sites for hydroxylation is 1. The van der Waals surface area contributed by atoms with Gasteiger partial charge in [-0.05, 0) is 23.6 Å². The maximum atomic E-state index is 4.34. The van der Waals surface area contributed by atoms with Crippen LogP contribution in [-0.4, -0.2) is 12.8 Å². The van der Waals surface area contributed by atoms with Crippen LogP contribution in [0.2, 0.25) is 0 Å². The number of rotatable bonds is 0. The van der Waals surface area contributed by atoms with E-state index in [-0.39, 0.29) is 0 Å². The molecule has 1 aromatic rings. The lowest BCUT2D eigenvalue weighted by Crippen LogP contribution is -2.09. The summed E-state index contributed by atoms with van der Waals surface area (Å²) in [5.41, 5.74) is 4.11. The van der Waals surface area contributed by atoms with Crippen molar-refractivity contribution in [3.63, 3.8) is 0 Å². The molecule has 0 radical (unpaired) electrons. The number of benzene rings is 1. The Kier molecular flexibility index (Phi) is 1.72. The summed E-state index contributed by atoms with van der Waals surface area (Å²) in [4.78, 5) is 4.34. The van der Waals surface area contributed by atoms with Gasteiger partial charge in [0.05, 0.1) is 0 Å². The highest BCUT2D eigenvalue weighted by atomic mass is 14.7. The van der Waals surface area contributed by atoms with Gasteiger partial charge in [-0.15, -0.1) is 0 Å². The maximum absolute atomic E-state index is 4.34. The molecule has 0 saturated heterocycles. The molecule has 12 heavy (non-hydrogen) atoms. The first-order valence-corrected chi connectivity index (χ1v) is 4.38. The zero-order valence-electron chi connectivity index (χ0n) is 7.54. The lowest BCUT2D eigenvalue weighted by molar-refractivity contribution is 0.763. The zero-order valence-corrected chi connectivity index (χ0v) is 7.54. The second-order valence-corrected chi connectivity index (χ2v) is 3.47. The van der Waals surface area contributed by atoms with Gasteiger partial charge in [-0.1, -0.05) is 25.1 Å². The Morgan fingerprint density at radius 1 is 1.42 bits per heavy atom. The molecule has 1 aromatic carbocycles. The summed E-state index contributed by atoms with van der Waals surface area (Å²) in [6.45, 7) is 5.31. The van der Waals surface area contributed by atoms with E-state index in [1.807, 2.05) is 6.21 Å². The van der Waals surface area contributed by atoms with Crippen molar-refractivity contribution in [1.82, 2.24) is 0 Å². The second kappa shape index (κ2) is 2.74. The topological polar surface area (TPSA) is 12.4 Å². The molecule has 0 saturated carbocycles. The van der Waals surface area contributed by atoms with E-state index in [2.05, 4.69) is 37.0 Å². The van der Waals surface area contributed by atoms with Gasteiger partial charge < -0.3 is 0 Å². The van der Waals surface area contributed by atoms with Crippen molar-refractivity contribution < 1.29 is 0 Å². The summed E-state index contributed by atoms with van der Waals surface area (Å²) in [5.74, 6) is 0.588. The van der Waals surface area contributed by atoms with Crippen molar-refractivity contribution in [2.75, 3.05) is 6.54 Å². The molecule has 1 heterocycles. The molecule has 0 N–H and O–H groups in total. The number of fused-ring (bicyclic) bond motifs is 1. The van der Waals surface area contributed by atoms with Crippen LogP contribution in [-0.2, 0) is 0 Å². The molecule has 62 valence electrons. The van der Waals surface area contributed by atoms with Gasteiger partial charge in [-0.3, -0.25) is 4.99 Å². The Morgan fingerprint density at radius 2 is 2.25 bits per heavy atom. The minimum Gasteiger partial charge on any atom is -0.292 e. The molecular formula is C11H13N. The average molecular weight is 159 g/mol. The first-order chi connectivity index (χ1) is 5.79. The van der Waals surface area contributed by atoms with Gasteiger partial charge in [0, 0.05) is 18.7 Å². The van der Waals surface area contributed by atoms with Crippen molar-refractivity contribution in [2.45, 2.75) is 19.8 Å². The maximum Gasteiger partial charge on any atom is 0.0455 e. The van der Waals surface area contributed by atoms with Gasteiger partial charge in [0.2, 0.25) is 0 Å². The zero-order chi connectivity index (χ0) is 8.55. The minimum absolute atomic E-state index is 0.588. The van der Waals surface area contributed by atoms with E-state index < -0.39 is 0 Å². The Hall–Kier alpha value is -1.11.